The number of nitrogens with one attached hydrogen (secondary N) is 2. The Bertz CT molecular complexity index is 2560. The fourth-order valence-electron chi connectivity index (χ4n) is 7.97. The Morgan fingerprint density at radius 3 is 2.12 bits per heavy atom. The van der Waals surface area contributed by atoms with E-state index < -0.39 is 12.0 Å². The van der Waals surface area contributed by atoms with Crippen LogP contribution in [0.4, 0.5) is 11.5 Å². The molecule has 2 atom stereocenters. The van der Waals surface area contributed by atoms with E-state index in [9.17, 15) is 14.7 Å². The molecule has 9 nitrogen and oxygen atoms in total. The van der Waals surface area contributed by atoms with Crippen LogP contribution in [0, 0.1) is 20.8 Å². The first-order chi connectivity index (χ1) is 31.1. The third-order valence-corrected chi connectivity index (χ3v) is 11.8. The van der Waals surface area contributed by atoms with Gasteiger partial charge < -0.3 is 31.1 Å². The van der Waals surface area contributed by atoms with Crippen LogP contribution in [0.2, 0.25) is 0 Å². The number of pyridine rings is 1. The van der Waals surface area contributed by atoms with Crippen molar-refractivity contribution >= 4 is 35.5 Å². The minimum atomic E-state index is -1.09. The van der Waals surface area contributed by atoms with Gasteiger partial charge in [0.25, 0.3) is 0 Å². The number of hydrogen-bond donors (Lipinski definition) is 4. The van der Waals surface area contributed by atoms with E-state index in [1.807, 2.05) is 95.9 Å². The Morgan fingerprint density at radius 2 is 1.49 bits per heavy atom. The molecule has 2 unspecified atom stereocenters. The maximum atomic E-state index is 13.9. The number of benzene rings is 5. The second-order valence-electron chi connectivity index (χ2n) is 18.1. The van der Waals surface area contributed by atoms with Crippen molar-refractivity contribution in [3.8, 4) is 11.5 Å². The molecule has 6 aromatic rings. The first-order valence-electron chi connectivity index (χ1n) is 22.7. The minimum absolute atomic E-state index is 0.0745. The number of carbonyl (C=O) groups is 2. The van der Waals surface area contributed by atoms with Crippen LogP contribution in [0.25, 0.3) is 12.2 Å². The van der Waals surface area contributed by atoms with Crippen LogP contribution >= 0.6 is 0 Å². The normalized spacial score (nSPS) is 12.4. The average molecular weight is 872 g/mol. The Morgan fingerprint density at radius 1 is 0.815 bits per heavy atom. The predicted molar refractivity (Wildman–Crippen MR) is 267 cm³/mol. The molecule has 0 fully saturated rings. The summed E-state index contributed by atoms with van der Waals surface area (Å²) in [5.41, 5.74) is 17.3. The van der Waals surface area contributed by atoms with Crippen molar-refractivity contribution < 1.29 is 19.4 Å². The SMILES string of the molecule is CCCN(CCNc1ccc(C(C)(C)C)cc1)C(=O)Cc1cccc(CC(Nc2nc(/C=C/c3ccccc3)cc(C(=O)O)c2C(C)N)c2ccc(Oc3cc(C)c(C)c(C)c3)cc2)c1. The Balaban J connectivity index is 1.27. The highest BCUT2D eigenvalue weighted by Gasteiger charge is 2.24. The van der Waals surface area contributed by atoms with Crippen LogP contribution in [-0.4, -0.2) is 46.5 Å². The van der Waals surface area contributed by atoms with Crippen LogP contribution < -0.4 is 21.1 Å². The third-order valence-electron chi connectivity index (χ3n) is 11.8. The van der Waals surface area contributed by atoms with Gasteiger partial charge >= 0.3 is 5.97 Å². The third kappa shape index (κ3) is 13.2. The first kappa shape index (κ1) is 47.8. The second-order valence-corrected chi connectivity index (χ2v) is 18.1. The van der Waals surface area contributed by atoms with Crippen molar-refractivity contribution in [3.63, 3.8) is 0 Å². The van der Waals surface area contributed by atoms with Gasteiger partial charge in [-0.1, -0.05) is 113 Å². The molecule has 65 heavy (non-hydrogen) atoms. The molecule has 0 saturated carbocycles. The smallest absolute Gasteiger partial charge is 0.336 e. The van der Waals surface area contributed by atoms with E-state index in [0.29, 0.717) is 48.9 Å². The zero-order chi connectivity index (χ0) is 46.7. The quantitative estimate of drug-likeness (QED) is 0.0633. The summed E-state index contributed by atoms with van der Waals surface area (Å²) in [6, 6.07) is 39.1. The minimum Gasteiger partial charge on any atom is -0.478 e. The zero-order valence-electron chi connectivity index (χ0n) is 39.2. The van der Waals surface area contributed by atoms with Crippen LogP contribution in [0.1, 0.15) is 119 Å². The highest BCUT2D eigenvalue weighted by molar-refractivity contribution is 5.92. The summed E-state index contributed by atoms with van der Waals surface area (Å²) in [5.74, 6) is 0.842. The lowest BCUT2D eigenvalue weighted by Crippen LogP contribution is -2.36. The van der Waals surface area contributed by atoms with E-state index in [1.165, 1.54) is 11.1 Å². The van der Waals surface area contributed by atoms with Crippen LogP contribution in [0.5, 0.6) is 11.5 Å². The number of amides is 1. The van der Waals surface area contributed by atoms with Crippen LogP contribution in [0.15, 0.2) is 121 Å². The number of hydrogen-bond acceptors (Lipinski definition) is 7. The number of ether oxygens (including phenoxy) is 1. The summed E-state index contributed by atoms with van der Waals surface area (Å²) < 4.78 is 6.33. The largest absolute Gasteiger partial charge is 0.478 e. The Labute approximate surface area is 385 Å². The molecule has 0 spiro atoms. The van der Waals surface area contributed by atoms with Gasteiger partial charge in [0.2, 0.25) is 5.91 Å². The number of aromatic carboxylic acids is 1. The molecule has 9 heteroatoms. The standard InChI is InChI=1S/C56H65N5O4/c1-9-29-61(30-28-58-46-24-21-45(22-25-46)56(6,7)8)52(62)35-43-17-13-16-42(33-43)34-51(44-19-26-48(27-20-44)65-49-31-37(2)39(4)38(3)32-49)60-54-53(40(5)57)50(55(63)64)36-47(59-54)23-18-41-14-11-10-12-15-41/h10-27,31-33,36,40,51,58H,9,28-30,34-35,57H2,1-8H3,(H,59,60)(H,63,64)/b23-18+. The molecule has 0 aliphatic heterocycles. The number of nitrogens with two attached hydrogens (primary N) is 1. The van der Waals surface area contributed by atoms with Gasteiger partial charge in [-0.15, -0.1) is 0 Å². The van der Waals surface area contributed by atoms with Gasteiger partial charge in [-0.2, -0.15) is 0 Å². The van der Waals surface area contributed by atoms with Gasteiger partial charge in [-0.05, 0) is 139 Å². The highest BCUT2D eigenvalue weighted by Crippen LogP contribution is 2.33. The topological polar surface area (TPSA) is 130 Å². The zero-order valence-corrected chi connectivity index (χ0v) is 39.2. The van der Waals surface area contributed by atoms with Gasteiger partial charge in [0.1, 0.15) is 17.3 Å². The summed E-state index contributed by atoms with van der Waals surface area (Å²) >= 11 is 0. The molecule has 0 aliphatic carbocycles. The van der Waals surface area contributed by atoms with Gasteiger partial charge in [0.05, 0.1) is 23.7 Å². The first-order valence-corrected chi connectivity index (χ1v) is 22.7. The van der Waals surface area contributed by atoms with E-state index in [2.05, 4.69) is 95.5 Å². The monoisotopic (exact) mass is 872 g/mol. The molecular weight excluding hydrogens is 807 g/mol. The number of carboxylic acid groups (broad SMARTS) is 1. The number of rotatable bonds is 19. The molecule has 0 radical (unpaired) electrons. The van der Waals surface area contributed by atoms with Crippen molar-refractivity contribution in [2.75, 3.05) is 30.3 Å². The van der Waals surface area contributed by atoms with E-state index in [0.717, 1.165) is 51.2 Å². The summed E-state index contributed by atoms with van der Waals surface area (Å²) in [6.07, 6.45) is 5.35. The van der Waals surface area contributed by atoms with Crippen LogP contribution in [0.3, 0.4) is 0 Å². The number of carbonyl (C=O) groups excluding carboxylic acids is 1. The molecule has 1 amide bonds. The molecule has 5 aromatic carbocycles. The Kier molecular flexibility index (Phi) is 16.0. The average Bonchev–Trinajstić information content (AvgIpc) is 3.27. The lowest BCUT2D eigenvalue weighted by Gasteiger charge is -2.25. The van der Waals surface area contributed by atoms with Gasteiger partial charge in [-0.25, -0.2) is 9.78 Å². The van der Waals surface area contributed by atoms with Gasteiger partial charge in [0, 0.05) is 36.9 Å². The lowest BCUT2D eigenvalue weighted by molar-refractivity contribution is -0.130. The molecular formula is C56H65N5O4. The fraction of sp³-hybridized carbons (Fsp3) is 0.304. The Hall–Kier alpha value is -6.71. The maximum absolute atomic E-state index is 13.9. The molecule has 1 heterocycles. The van der Waals surface area contributed by atoms with Crippen molar-refractivity contribution in [2.24, 2.45) is 5.73 Å². The molecule has 0 aliphatic rings. The van der Waals surface area contributed by atoms with E-state index >= 15 is 0 Å². The molecule has 5 N–H and O–H groups in total. The van der Waals surface area contributed by atoms with E-state index in [1.54, 1.807) is 13.0 Å². The highest BCUT2D eigenvalue weighted by atomic mass is 16.5. The van der Waals surface area contributed by atoms with Gasteiger partial charge in [-0.3, -0.25) is 4.79 Å². The van der Waals surface area contributed by atoms with Crippen molar-refractivity contribution in [1.82, 2.24) is 9.88 Å². The van der Waals surface area contributed by atoms with Crippen molar-refractivity contribution in [3.05, 3.63) is 183 Å². The summed E-state index contributed by atoms with van der Waals surface area (Å²) in [7, 11) is 0. The number of anilines is 2. The summed E-state index contributed by atoms with van der Waals surface area (Å²) in [6.45, 7) is 18.7. The number of aromatic nitrogens is 1. The lowest BCUT2D eigenvalue weighted by atomic mass is 9.87. The maximum Gasteiger partial charge on any atom is 0.336 e. The van der Waals surface area contributed by atoms with Gasteiger partial charge in [0.15, 0.2) is 0 Å². The molecule has 1 aromatic heterocycles. The second kappa shape index (κ2) is 21.8. The van der Waals surface area contributed by atoms with Crippen LogP contribution in [-0.2, 0) is 23.1 Å². The van der Waals surface area contributed by atoms with Crippen molar-refractivity contribution in [1.29, 1.82) is 0 Å². The number of nitrogens with zero attached hydrogens (tertiary/aromatic N) is 2. The van der Waals surface area contributed by atoms with E-state index in [-0.39, 0.29) is 29.3 Å². The number of aryl methyl sites for hydroxylation is 2. The molecule has 338 valence electrons. The molecule has 0 bridgehead atoms. The fourth-order valence-corrected chi connectivity index (χ4v) is 7.97. The van der Waals surface area contributed by atoms with Crippen molar-refractivity contribution in [2.45, 2.75) is 92.2 Å². The predicted octanol–water partition coefficient (Wildman–Crippen LogP) is 12.3. The number of carboxylic acids is 1. The summed E-state index contributed by atoms with van der Waals surface area (Å²) in [4.78, 5) is 33.6. The molecule has 6 rings (SSSR count). The molecule has 0 saturated heterocycles. The van der Waals surface area contributed by atoms with E-state index in [4.69, 9.17) is 15.5 Å². The summed E-state index contributed by atoms with van der Waals surface area (Å²) in [5, 5.41) is 17.6.